The topological polar surface area (TPSA) is 177 Å². The number of hydrogen-bond donors (Lipinski definition) is 3. The fraction of sp³-hybridized carbons (Fsp3) is 0.518. The second kappa shape index (κ2) is 18.0. The van der Waals surface area contributed by atoms with Gasteiger partial charge in [0.1, 0.15) is 28.8 Å². The lowest BCUT2D eigenvalue weighted by molar-refractivity contribution is -0.136. The number of ether oxygens (including phenoxy) is 1. The zero-order valence-electron chi connectivity index (χ0n) is 41.5. The lowest BCUT2D eigenvalue weighted by Gasteiger charge is -2.54. The molecule has 73 heavy (non-hydrogen) atoms. The number of carbonyl (C=O) groups excluding carboxylic acids is 4. The quantitative estimate of drug-likeness (QED) is 0.123. The predicted octanol–water partition coefficient (Wildman–Crippen LogP) is 6.07. The zero-order valence-corrected chi connectivity index (χ0v) is 41.5. The first-order valence-corrected chi connectivity index (χ1v) is 26.7. The summed E-state index contributed by atoms with van der Waals surface area (Å²) >= 11 is 0. The van der Waals surface area contributed by atoms with Crippen molar-refractivity contribution in [1.29, 1.82) is 0 Å². The van der Waals surface area contributed by atoms with Gasteiger partial charge in [0, 0.05) is 93.7 Å². The van der Waals surface area contributed by atoms with Crippen molar-refractivity contribution >= 4 is 56.8 Å². The van der Waals surface area contributed by atoms with Crippen molar-refractivity contribution in [1.82, 2.24) is 40.3 Å². The number of amides is 4. The lowest BCUT2D eigenvalue weighted by atomic mass is 9.57. The number of phenolic OH excluding ortho intramolecular Hbond substituents is 1. The van der Waals surface area contributed by atoms with Crippen molar-refractivity contribution < 1.29 is 33.4 Å². The molecule has 8 aliphatic rings. The number of nitrogens with zero attached hydrogens (tertiary/aromatic N) is 8. The Morgan fingerprint density at radius 2 is 1.59 bits per heavy atom. The maximum atomic E-state index is 17.2. The van der Waals surface area contributed by atoms with E-state index in [4.69, 9.17) is 19.7 Å². The molecule has 2 saturated carbocycles. The average molecular weight is 991 g/mol. The van der Waals surface area contributed by atoms with E-state index in [9.17, 15) is 24.3 Å². The van der Waals surface area contributed by atoms with Gasteiger partial charge in [-0.1, -0.05) is 25.1 Å². The van der Waals surface area contributed by atoms with Crippen molar-refractivity contribution in [2.24, 2.45) is 16.7 Å². The molecular weight excluding hydrogens is 928 g/mol. The molecule has 3 aromatic carbocycles. The molecule has 7 fully saturated rings. The van der Waals surface area contributed by atoms with E-state index in [1.54, 1.807) is 30.5 Å². The van der Waals surface area contributed by atoms with E-state index in [2.05, 4.69) is 37.2 Å². The van der Waals surface area contributed by atoms with Crippen molar-refractivity contribution in [2.75, 3.05) is 81.9 Å². The summed E-state index contributed by atoms with van der Waals surface area (Å²) in [6, 6.07) is 14.6. The fourth-order valence-electron chi connectivity index (χ4n) is 13.8. The number of piperazine rings is 2. The van der Waals surface area contributed by atoms with Gasteiger partial charge in [-0.2, -0.15) is 9.97 Å². The van der Waals surface area contributed by atoms with Crippen molar-refractivity contribution in [2.45, 2.75) is 95.7 Å². The Balaban J connectivity index is 0.624. The number of likely N-dealkylation sites (tertiary alicyclic amines) is 1. The number of nitrogens with one attached hydrogen (secondary N) is 2. The van der Waals surface area contributed by atoms with Crippen molar-refractivity contribution in [3.05, 3.63) is 77.2 Å². The van der Waals surface area contributed by atoms with Crippen LogP contribution in [0.4, 0.5) is 15.9 Å². The van der Waals surface area contributed by atoms with Crippen LogP contribution >= 0.6 is 0 Å². The van der Waals surface area contributed by atoms with Crippen LogP contribution in [0, 0.1) is 22.6 Å². The van der Waals surface area contributed by atoms with Crippen LogP contribution in [0.15, 0.2) is 54.7 Å². The SMILES string of the molecule is CCc1cccc2cc(O)cc(-c3ncc4c(N5CC6CCC(C5)N6)nc(OCC5(CN6CCC7(CC6)CC(CN6CCN(c8ccc9c(c8)C(=O)N(C8CCC(=O)NC8=O)C9=O)CC6)C7)CC5)nc4c3F)c12. The number of aromatic nitrogens is 3. The number of benzene rings is 3. The van der Waals surface area contributed by atoms with Crippen LogP contribution in [0.3, 0.4) is 0 Å². The number of imide groups is 2. The van der Waals surface area contributed by atoms with Gasteiger partial charge in [0.05, 0.1) is 23.1 Å². The third-order valence-corrected chi connectivity index (χ3v) is 17.9. The van der Waals surface area contributed by atoms with Gasteiger partial charge in [-0.3, -0.25) is 39.3 Å². The van der Waals surface area contributed by atoms with Crippen LogP contribution in [-0.4, -0.2) is 149 Å². The predicted molar refractivity (Wildman–Crippen MR) is 273 cm³/mol. The number of phenols is 1. The van der Waals surface area contributed by atoms with Gasteiger partial charge in [-0.15, -0.1) is 0 Å². The molecule has 8 heterocycles. The molecule has 5 aromatic rings. The standard InChI is InChI=1S/C56H63FN10O6/c1-2-34-4-3-5-35-22-39(68)24-42(46(34)35)48-47(57)49-43(27-58-48)50(66-29-36-6-7-37(30-66)59-36)62-54(61-49)73-32-56(12-13-56)31-64-16-14-55(15-17-64)25-33(26-55)28-63-18-20-65(21-19-63)38-8-9-40-41(23-38)53(72)67(52(40)71)44-10-11-45(69)60-51(44)70/h3-5,8-9,22-24,27,33,36-37,44,59,68H,2,6-7,10-21,25-26,28-32H2,1H3,(H,60,69,70). The molecule has 13 rings (SSSR count). The zero-order chi connectivity index (χ0) is 49.8. The van der Waals surface area contributed by atoms with E-state index >= 15 is 4.39 Å². The second-order valence-electron chi connectivity index (χ2n) is 22.7. The Kier molecular flexibility index (Phi) is 11.4. The molecule has 3 N–H and O–H groups in total. The molecule has 3 unspecified atom stereocenters. The van der Waals surface area contributed by atoms with Gasteiger partial charge < -0.3 is 29.9 Å². The number of hydrogen-bond acceptors (Lipinski definition) is 14. The highest BCUT2D eigenvalue weighted by molar-refractivity contribution is 6.23. The summed E-state index contributed by atoms with van der Waals surface area (Å²) in [6.45, 7) is 11.8. The molecule has 4 amide bonds. The number of fused-ring (bicyclic) bond motifs is 5. The van der Waals surface area contributed by atoms with Gasteiger partial charge in [-0.05, 0) is 135 Å². The average Bonchev–Trinajstić information content (AvgIpc) is 4.00. The number of halogens is 1. The molecule has 2 bridgehead atoms. The summed E-state index contributed by atoms with van der Waals surface area (Å²) in [5.74, 6) is -1.07. The van der Waals surface area contributed by atoms with Gasteiger partial charge >= 0.3 is 6.01 Å². The second-order valence-corrected chi connectivity index (χ2v) is 22.7. The van der Waals surface area contributed by atoms with Crippen molar-refractivity contribution in [3.8, 4) is 23.0 Å². The number of piperidine rings is 2. The number of anilines is 2. The summed E-state index contributed by atoms with van der Waals surface area (Å²) in [5, 5.41) is 19.0. The van der Waals surface area contributed by atoms with Crippen LogP contribution in [0.2, 0.25) is 0 Å². The maximum absolute atomic E-state index is 17.2. The Hall–Kier alpha value is -6.30. The van der Waals surface area contributed by atoms with Gasteiger partial charge in [-0.25, -0.2) is 4.39 Å². The highest BCUT2D eigenvalue weighted by atomic mass is 19.1. The smallest absolute Gasteiger partial charge is 0.319 e. The molecule has 3 atom stereocenters. The summed E-state index contributed by atoms with van der Waals surface area (Å²) < 4.78 is 23.8. The first kappa shape index (κ1) is 46.5. The van der Waals surface area contributed by atoms with E-state index in [1.165, 1.54) is 25.7 Å². The summed E-state index contributed by atoms with van der Waals surface area (Å²) in [5.41, 5.74) is 3.90. The molecule has 1 spiro atoms. The minimum Gasteiger partial charge on any atom is -0.508 e. The Morgan fingerprint density at radius 1 is 0.822 bits per heavy atom. The number of carbonyl (C=O) groups is 4. The van der Waals surface area contributed by atoms with Gasteiger partial charge in [0.15, 0.2) is 5.82 Å². The minimum absolute atomic E-state index is 0.0172. The minimum atomic E-state index is -0.971. The van der Waals surface area contributed by atoms with Gasteiger partial charge in [0.25, 0.3) is 11.8 Å². The van der Waals surface area contributed by atoms with E-state index in [0.29, 0.717) is 57.9 Å². The van der Waals surface area contributed by atoms with E-state index in [-0.39, 0.29) is 47.1 Å². The first-order valence-electron chi connectivity index (χ1n) is 26.7. The van der Waals surface area contributed by atoms with Crippen LogP contribution in [0.25, 0.3) is 32.9 Å². The monoisotopic (exact) mass is 990 g/mol. The maximum Gasteiger partial charge on any atom is 0.319 e. The molecule has 2 aliphatic carbocycles. The Morgan fingerprint density at radius 3 is 2.33 bits per heavy atom. The summed E-state index contributed by atoms with van der Waals surface area (Å²) in [7, 11) is 0. The van der Waals surface area contributed by atoms with E-state index in [1.807, 2.05) is 24.3 Å². The first-order chi connectivity index (χ1) is 35.4. The molecule has 17 heteroatoms. The third-order valence-electron chi connectivity index (χ3n) is 17.9. The fourth-order valence-corrected chi connectivity index (χ4v) is 13.8. The summed E-state index contributed by atoms with van der Waals surface area (Å²) in [4.78, 5) is 76.3. The van der Waals surface area contributed by atoms with E-state index < -0.39 is 29.6 Å². The third kappa shape index (κ3) is 8.44. The molecular formula is C56H63FN10O6. The Bertz CT molecular complexity index is 3070. The van der Waals surface area contributed by atoms with Crippen molar-refractivity contribution in [3.63, 3.8) is 0 Å². The van der Waals surface area contributed by atoms with Gasteiger partial charge in [0.2, 0.25) is 11.8 Å². The molecule has 2 aromatic heterocycles. The largest absolute Gasteiger partial charge is 0.508 e. The van der Waals surface area contributed by atoms with E-state index in [0.717, 1.165) is 124 Å². The molecule has 16 nitrogen and oxygen atoms in total. The number of aryl methyl sites for hydroxylation is 1. The Labute approximate surface area is 423 Å². The number of rotatable bonds is 12. The number of aromatic hydroxyl groups is 1. The molecule has 6 aliphatic heterocycles. The highest BCUT2D eigenvalue weighted by Crippen LogP contribution is 2.54. The molecule has 5 saturated heterocycles. The highest BCUT2D eigenvalue weighted by Gasteiger charge is 2.50. The van der Waals surface area contributed by atoms with Crippen LogP contribution in [0.5, 0.6) is 11.8 Å². The van der Waals surface area contributed by atoms with Crippen LogP contribution in [0.1, 0.15) is 97.4 Å². The molecule has 0 radical (unpaired) electrons. The van der Waals surface area contributed by atoms with Crippen LogP contribution in [-0.2, 0) is 16.0 Å². The normalized spacial score (nSPS) is 25.0. The summed E-state index contributed by atoms with van der Waals surface area (Å²) in [6.07, 6.45) is 12.0. The van der Waals surface area contributed by atoms with Crippen LogP contribution < -0.4 is 25.2 Å². The molecule has 380 valence electrons. The number of pyridine rings is 1. The lowest BCUT2D eigenvalue weighted by Crippen LogP contribution is -2.54.